The van der Waals surface area contributed by atoms with Crippen molar-refractivity contribution in [2.75, 3.05) is 26.7 Å². The molecule has 0 aliphatic carbocycles. The van der Waals surface area contributed by atoms with Gasteiger partial charge in [-0.2, -0.15) is 5.10 Å². The Kier molecular flexibility index (Phi) is 4.44. The van der Waals surface area contributed by atoms with Crippen LogP contribution >= 0.6 is 11.6 Å². The highest BCUT2D eigenvalue weighted by Gasteiger charge is 2.34. The van der Waals surface area contributed by atoms with Crippen molar-refractivity contribution in [3.05, 3.63) is 16.4 Å². The van der Waals surface area contributed by atoms with E-state index in [4.69, 9.17) is 16.3 Å². The van der Waals surface area contributed by atoms with Crippen molar-refractivity contribution in [1.29, 1.82) is 0 Å². The van der Waals surface area contributed by atoms with E-state index in [2.05, 4.69) is 27.3 Å². The summed E-state index contributed by atoms with van der Waals surface area (Å²) in [6, 6.07) is -0.0366. The average Bonchev–Trinajstić information content (AvgIpc) is 2.94. The number of nitrogens with one attached hydrogen (secondary N) is 2. The molecule has 2 rings (SSSR count). The number of H-pyrrole nitrogens is 1. The van der Waals surface area contributed by atoms with E-state index < -0.39 is 0 Å². The van der Waals surface area contributed by atoms with Crippen LogP contribution in [0.4, 0.5) is 0 Å². The third-order valence-corrected chi connectivity index (χ3v) is 3.96. The van der Waals surface area contributed by atoms with Gasteiger partial charge in [-0.15, -0.1) is 0 Å². The smallest absolute Gasteiger partial charge is 0.273 e. The number of amides is 1. The van der Waals surface area contributed by atoms with Crippen LogP contribution in [0.3, 0.4) is 0 Å². The maximum absolute atomic E-state index is 12.1. The lowest BCUT2D eigenvalue weighted by atomic mass is 10.2. The fourth-order valence-corrected chi connectivity index (χ4v) is 2.46. The molecular weight excluding hydrogens is 268 g/mol. The van der Waals surface area contributed by atoms with Crippen LogP contribution in [0.2, 0.25) is 5.02 Å². The topological polar surface area (TPSA) is 70.2 Å². The number of ether oxygens (including phenoxy) is 1. The van der Waals surface area contributed by atoms with E-state index in [1.807, 2.05) is 0 Å². The van der Waals surface area contributed by atoms with Crippen molar-refractivity contribution in [1.82, 2.24) is 20.4 Å². The largest absolute Gasteiger partial charge is 0.378 e. The molecule has 0 aromatic carbocycles. The second kappa shape index (κ2) is 5.90. The number of halogens is 1. The number of aryl methyl sites for hydroxylation is 1. The molecule has 0 saturated carbocycles. The highest BCUT2D eigenvalue weighted by molar-refractivity contribution is 6.34. The summed E-state index contributed by atoms with van der Waals surface area (Å²) in [4.78, 5) is 14.4. The summed E-state index contributed by atoms with van der Waals surface area (Å²) in [6.07, 6.45) is 0.00251. The third-order valence-electron chi connectivity index (χ3n) is 3.50. The van der Waals surface area contributed by atoms with E-state index in [0.29, 0.717) is 10.7 Å². The monoisotopic (exact) mass is 286 g/mol. The molecular formula is C12H19ClN4O2. The Hall–Kier alpha value is -1.11. The Morgan fingerprint density at radius 3 is 2.89 bits per heavy atom. The molecule has 7 heteroatoms. The van der Waals surface area contributed by atoms with Gasteiger partial charge in [0.1, 0.15) is 0 Å². The number of likely N-dealkylation sites (N-methyl/N-ethyl adjacent to an activating group) is 1. The van der Waals surface area contributed by atoms with Crippen LogP contribution in [-0.2, 0) is 4.74 Å². The van der Waals surface area contributed by atoms with Crippen LogP contribution in [0.5, 0.6) is 0 Å². The van der Waals surface area contributed by atoms with Gasteiger partial charge in [0.15, 0.2) is 5.69 Å². The molecule has 6 nitrogen and oxygen atoms in total. The number of aromatic amines is 1. The zero-order valence-electron chi connectivity index (χ0n) is 11.4. The van der Waals surface area contributed by atoms with Crippen LogP contribution in [-0.4, -0.2) is 59.9 Å². The van der Waals surface area contributed by atoms with Gasteiger partial charge in [0.2, 0.25) is 0 Å². The molecule has 1 fully saturated rings. The summed E-state index contributed by atoms with van der Waals surface area (Å²) < 4.78 is 5.41. The molecule has 0 bridgehead atoms. The second-order valence-electron chi connectivity index (χ2n) is 4.72. The molecule has 1 aliphatic rings. The number of nitrogens with zero attached hydrogens (tertiary/aromatic N) is 2. The lowest BCUT2D eigenvalue weighted by molar-refractivity contribution is 0.0759. The molecule has 0 radical (unpaired) electrons. The quantitative estimate of drug-likeness (QED) is 0.860. The van der Waals surface area contributed by atoms with Crippen molar-refractivity contribution in [3.8, 4) is 0 Å². The Balaban J connectivity index is 2.04. The summed E-state index contributed by atoms with van der Waals surface area (Å²) in [5.41, 5.74) is 0.931. The minimum Gasteiger partial charge on any atom is -0.378 e. The average molecular weight is 287 g/mol. The number of hydrogen-bond acceptors (Lipinski definition) is 4. The second-order valence-corrected chi connectivity index (χ2v) is 5.10. The predicted molar refractivity (Wildman–Crippen MR) is 72.5 cm³/mol. The van der Waals surface area contributed by atoms with Crippen molar-refractivity contribution in [2.24, 2.45) is 0 Å². The molecule has 1 amide bonds. The molecule has 2 atom stereocenters. The maximum Gasteiger partial charge on any atom is 0.273 e. The summed E-state index contributed by atoms with van der Waals surface area (Å²) in [5, 5.41) is 9.94. The van der Waals surface area contributed by atoms with Gasteiger partial charge in [-0.3, -0.25) is 14.8 Å². The summed E-state index contributed by atoms with van der Waals surface area (Å²) in [6.45, 7) is 6.41. The lowest BCUT2D eigenvalue weighted by Crippen LogP contribution is -2.43. The Morgan fingerprint density at radius 2 is 2.37 bits per heavy atom. The summed E-state index contributed by atoms with van der Waals surface area (Å²) >= 11 is 6.02. The first-order valence-corrected chi connectivity index (χ1v) is 6.71. The van der Waals surface area contributed by atoms with Gasteiger partial charge in [0, 0.05) is 20.2 Å². The SMILES string of the molecule is CCN1C[C@H](NC(=O)c2n[nH]c(C)c2Cl)[C@@H](OC)C1. The van der Waals surface area contributed by atoms with Crippen LogP contribution in [0.25, 0.3) is 0 Å². The van der Waals surface area contributed by atoms with E-state index in [0.717, 1.165) is 19.6 Å². The number of methoxy groups -OCH3 is 1. The number of carbonyl (C=O) groups excluding carboxylic acids is 1. The van der Waals surface area contributed by atoms with Gasteiger partial charge in [-0.05, 0) is 13.5 Å². The summed E-state index contributed by atoms with van der Waals surface area (Å²) in [7, 11) is 1.66. The molecule has 1 aromatic rings. The van der Waals surface area contributed by atoms with Crippen LogP contribution in [0.1, 0.15) is 23.1 Å². The molecule has 106 valence electrons. The number of hydrogen-bond donors (Lipinski definition) is 2. The standard InChI is InChI=1S/C12H19ClN4O2/c1-4-17-5-8(9(6-17)19-3)14-12(18)11-10(13)7(2)15-16-11/h8-9H,4-6H2,1-3H3,(H,14,18)(H,15,16)/t8-,9-/m0/s1. The van der Waals surface area contributed by atoms with E-state index in [-0.39, 0.29) is 23.7 Å². The minimum absolute atomic E-state index is 0.00251. The van der Waals surface area contributed by atoms with Gasteiger partial charge in [-0.25, -0.2) is 0 Å². The van der Waals surface area contributed by atoms with Gasteiger partial charge in [-0.1, -0.05) is 18.5 Å². The highest BCUT2D eigenvalue weighted by atomic mass is 35.5. The number of likely N-dealkylation sites (tertiary alicyclic amines) is 1. The first-order chi connectivity index (χ1) is 9.06. The first kappa shape index (κ1) is 14.3. The Morgan fingerprint density at radius 1 is 1.63 bits per heavy atom. The minimum atomic E-state index is -0.264. The van der Waals surface area contributed by atoms with E-state index >= 15 is 0 Å². The maximum atomic E-state index is 12.1. The van der Waals surface area contributed by atoms with E-state index in [9.17, 15) is 4.79 Å². The van der Waals surface area contributed by atoms with Crippen molar-refractivity contribution in [2.45, 2.75) is 26.0 Å². The molecule has 1 aliphatic heterocycles. The Bertz CT molecular complexity index is 463. The fourth-order valence-electron chi connectivity index (χ4n) is 2.29. The van der Waals surface area contributed by atoms with Crippen LogP contribution in [0.15, 0.2) is 0 Å². The molecule has 1 saturated heterocycles. The van der Waals surface area contributed by atoms with E-state index in [1.165, 1.54) is 0 Å². The van der Waals surface area contributed by atoms with Crippen molar-refractivity contribution in [3.63, 3.8) is 0 Å². The normalized spacial score (nSPS) is 23.8. The summed E-state index contributed by atoms with van der Waals surface area (Å²) in [5.74, 6) is -0.264. The van der Waals surface area contributed by atoms with Crippen LogP contribution in [0, 0.1) is 6.92 Å². The van der Waals surface area contributed by atoms with Crippen LogP contribution < -0.4 is 5.32 Å². The molecule has 0 spiro atoms. The first-order valence-electron chi connectivity index (χ1n) is 6.33. The van der Waals surface area contributed by atoms with Gasteiger partial charge >= 0.3 is 0 Å². The Labute approximate surface area is 117 Å². The zero-order chi connectivity index (χ0) is 14.0. The number of rotatable bonds is 4. The lowest BCUT2D eigenvalue weighted by Gasteiger charge is -2.17. The zero-order valence-corrected chi connectivity index (χ0v) is 12.1. The molecule has 2 N–H and O–H groups in total. The third kappa shape index (κ3) is 2.91. The molecule has 2 heterocycles. The van der Waals surface area contributed by atoms with Crippen molar-refractivity contribution < 1.29 is 9.53 Å². The molecule has 19 heavy (non-hydrogen) atoms. The van der Waals surface area contributed by atoms with E-state index in [1.54, 1.807) is 14.0 Å². The molecule has 1 aromatic heterocycles. The molecule has 0 unspecified atom stereocenters. The van der Waals surface area contributed by atoms with Gasteiger partial charge in [0.25, 0.3) is 5.91 Å². The predicted octanol–water partition coefficient (Wildman–Crippen LogP) is 0.820. The highest BCUT2D eigenvalue weighted by Crippen LogP contribution is 2.18. The van der Waals surface area contributed by atoms with Crippen molar-refractivity contribution >= 4 is 17.5 Å². The van der Waals surface area contributed by atoms with Gasteiger partial charge in [0.05, 0.1) is 22.9 Å². The number of aromatic nitrogens is 2. The number of carbonyl (C=O) groups is 1. The van der Waals surface area contributed by atoms with Gasteiger partial charge < -0.3 is 10.1 Å². The fraction of sp³-hybridized carbons (Fsp3) is 0.667.